The Hall–Kier alpha value is -2.70. The summed E-state index contributed by atoms with van der Waals surface area (Å²) < 4.78 is 15.6. The summed E-state index contributed by atoms with van der Waals surface area (Å²) in [7, 11) is 3.30. The van der Waals surface area contributed by atoms with Crippen LogP contribution in [-0.2, 0) is 6.54 Å². The van der Waals surface area contributed by atoms with Crippen molar-refractivity contribution in [3.05, 3.63) is 41.8 Å². The Labute approximate surface area is 142 Å². The number of rotatable bonds is 7. The van der Waals surface area contributed by atoms with E-state index in [1.54, 1.807) is 20.3 Å². The lowest BCUT2D eigenvalue weighted by Gasteiger charge is -2.20. The first-order chi connectivity index (χ1) is 11.7. The topological polar surface area (TPSA) is 80.9 Å². The highest BCUT2D eigenvalue weighted by molar-refractivity contribution is 5.80. The number of hydrogen-bond acceptors (Lipinski definition) is 5. The zero-order valence-electron chi connectivity index (χ0n) is 14.5. The summed E-state index contributed by atoms with van der Waals surface area (Å²) in [6.07, 6.45) is 1.54. The van der Waals surface area contributed by atoms with Crippen molar-refractivity contribution in [2.24, 2.45) is 4.99 Å². The molecular formula is C17H24N4O3. The van der Waals surface area contributed by atoms with E-state index < -0.39 is 0 Å². The lowest BCUT2D eigenvalue weighted by Crippen LogP contribution is -2.38. The first kappa shape index (κ1) is 17.7. The number of ether oxygens (including phenoxy) is 2. The number of guanidine groups is 1. The number of benzene rings is 1. The van der Waals surface area contributed by atoms with Crippen LogP contribution in [0.25, 0.3) is 0 Å². The van der Waals surface area contributed by atoms with Gasteiger partial charge in [-0.3, -0.25) is 0 Å². The third-order valence-corrected chi connectivity index (χ3v) is 3.49. The molecule has 1 heterocycles. The molecule has 0 spiro atoms. The zero-order chi connectivity index (χ0) is 17.4. The molecule has 24 heavy (non-hydrogen) atoms. The fourth-order valence-corrected chi connectivity index (χ4v) is 2.26. The highest BCUT2D eigenvalue weighted by atomic mass is 16.5. The van der Waals surface area contributed by atoms with E-state index in [0.29, 0.717) is 12.5 Å². The quantitative estimate of drug-likeness (QED) is 0.599. The summed E-state index contributed by atoms with van der Waals surface area (Å²) in [5, 5.41) is 10.4. The van der Waals surface area contributed by atoms with Crippen molar-refractivity contribution in [3.8, 4) is 11.5 Å². The van der Waals surface area contributed by atoms with Gasteiger partial charge in [-0.05, 0) is 32.0 Å². The van der Waals surface area contributed by atoms with E-state index in [1.165, 1.54) is 6.26 Å². The van der Waals surface area contributed by atoms with E-state index >= 15 is 0 Å². The molecule has 1 unspecified atom stereocenters. The predicted octanol–water partition coefficient (Wildman–Crippen LogP) is 2.51. The number of methoxy groups -OCH3 is 2. The Bertz CT molecular complexity index is 656. The molecule has 7 heteroatoms. The van der Waals surface area contributed by atoms with Crippen molar-refractivity contribution < 1.29 is 14.0 Å². The molecule has 0 saturated heterocycles. The average molecular weight is 332 g/mol. The second kappa shape index (κ2) is 8.81. The molecule has 0 aliphatic heterocycles. The molecule has 0 bridgehead atoms. The molecule has 7 nitrogen and oxygen atoms in total. The van der Waals surface area contributed by atoms with Gasteiger partial charge in [0.2, 0.25) is 0 Å². The van der Waals surface area contributed by atoms with Gasteiger partial charge in [-0.25, -0.2) is 4.99 Å². The van der Waals surface area contributed by atoms with Crippen molar-refractivity contribution in [2.75, 3.05) is 20.8 Å². The van der Waals surface area contributed by atoms with E-state index in [1.807, 2.05) is 32.0 Å². The monoisotopic (exact) mass is 332 g/mol. The number of nitrogens with one attached hydrogen (secondary N) is 2. The van der Waals surface area contributed by atoms with E-state index in [-0.39, 0.29) is 6.04 Å². The van der Waals surface area contributed by atoms with Gasteiger partial charge < -0.3 is 24.6 Å². The van der Waals surface area contributed by atoms with Gasteiger partial charge in [0.25, 0.3) is 0 Å². The molecule has 1 aromatic heterocycles. The molecule has 1 aromatic carbocycles. The molecule has 130 valence electrons. The lowest BCUT2D eigenvalue weighted by molar-refractivity contribution is 0.394. The standard InChI is InChI=1S/C17H24N4O3/c1-5-18-17(19-11-13-8-9-24-21-13)20-12(2)15-10-14(22-3)6-7-16(15)23-4/h6-10,12H,5,11H2,1-4H3,(H2,18,19,20). The fraction of sp³-hybridized carbons (Fsp3) is 0.412. The number of nitrogens with zero attached hydrogens (tertiary/aromatic N) is 2. The Morgan fingerprint density at radius 1 is 1.29 bits per heavy atom. The maximum Gasteiger partial charge on any atom is 0.192 e. The van der Waals surface area contributed by atoms with Gasteiger partial charge in [0, 0.05) is 18.2 Å². The molecule has 0 aliphatic carbocycles. The molecule has 1 atom stereocenters. The van der Waals surface area contributed by atoms with Gasteiger partial charge in [0.1, 0.15) is 23.5 Å². The van der Waals surface area contributed by atoms with Crippen LogP contribution in [0.3, 0.4) is 0 Å². The summed E-state index contributed by atoms with van der Waals surface area (Å²) in [5.41, 5.74) is 1.77. The summed E-state index contributed by atoms with van der Waals surface area (Å²) in [6.45, 7) is 5.25. The summed E-state index contributed by atoms with van der Waals surface area (Å²) in [6, 6.07) is 7.49. The average Bonchev–Trinajstić information content (AvgIpc) is 3.12. The van der Waals surface area contributed by atoms with Crippen LogP contribution in [0.15, 0.2) is 40.0 Å². The third kappa shape index (κ3) is 4.65. The minimum absolute atomic E-state index is 0.0230. The molecular weight excluding hydrogens is 308 g/mol. The summed E-state index contributed by atoms with van der Waals surface area (Å²) in [5.74, 6) is 2.27. The van der Waals surface area contributed by atoms with Gasteiger partial charge in [0.15, 0.2) is 5.96 Å². The molecule has 2 rings (SSSR count). The second-order valence-electron chi connectivity index (χ2n) is 5.16. The number of aliphatic imine (C=N–C) groups is 1. The van der Waals surface area contributed by atoms with Gasteiger partial charge in [-0.2, -0.15) is 0 Å². The van der Waals surface area contributed by atoms with Gasteiger partial charge >= 0.3 is 0 Å². The number of aromatic nitrogens is 1. The highest BCUT2D eigenvalue weighted by Gasteiger charge is 2.14. The largest absolute Gasteiger partial charge is 0.497 e. The predicted molar refractivity (Wildman–Crippen MR) is 92.4 cm³/mol. The Morgan fingerprint density at radius 3 is 2.75 bits per heavy atom. The summed E-state index contributed by atoms with van der Waals surface area (Å²) >= 11 is 0. The molecule has 0 amide bonds. The van der Waals surface area contributed by atoms with Crippen LogP contribution in [0.1, 0.15) is 31.1 Å². The van der Waals surface area contributed by atoms with E-state index in [2.05, 4.69) is 20.8 Å². The minimum Gasteiger partial charge on any atom is -0.497 e. The molecule has 0 radical (unpaired) electrons. The lowest BCUT2D eigenvalue weighted by atomic mass is 10.1. The molecule has 2 N–H and O–H groups in total. The first-order valence-corrected chi connectivity index (χ1v) is 7.84. The van der Waals surface area contributed by atoms with Crippen molar-refractivity contribution in [1.82, 2.24) is 15.8 Å². The van der Waals surface area contributed by atoms with E-state index in [9.17, 15) is 0 Å². The van der Waals surface area contributed by atoms with E-state index in [4.69, 9.17) is 14.0 Å². The Morgan fingerprint density at radius 2 is 2.12 bits per heavy atom. The van der Waals surface area contributed by atoms with Crippen LogP contribution in [-0.4, -0.2) is 31.9 Å². The van der Waals surface area contributed by atoms with Crippen LogP contribution >= 0.6 is 0 Å². The van der Waals surface area contributed by atoms with Gasteiger partial charge in [-0.15, -0.1) is 0 Å². The highest BCUT2D eigenvalue weighted by Crippen LogP contribution is 2.29. The normalized spacial score (nSPS) is 12.6. The van der Waals surface area contributed by atoms with Crippen LogP contribution in [0.4, 0.5) is 0 Å². The van der Waals surface area contributed by atoms with Crippen molar-refractivity contribution >= 4 is 5.96 Å². The van der Waals surface area contributed by atoms with Crippen LogP contribution in [0.5, 0.6) is 11.5 Å². The minimum atomic E-state index is -0.0230. The Balaban J connectivity index is 2.14. The molecule has 0 saturated carbocycles. The van der Waals surface area contributed by atoms with Crippen molar-refractivity contribution in [2.45, 2.75) is 26.4 Å². The zero-order valence-corrected chi connectivity index (χ0v) is 14.5. The molecule has 0 fully saturated rings. The van der Waals surface area contributed by atoms with Gasteiger partial charge in [0.05, 0.1) is 26.8 Å². The Kier molecular flexibility index (Phi) is 6.48. The maximum absolute atomic E-state index is 5.45. The fourth-order valence-electron chi connectivity index (χ4n) is 2.26. The SMILES string of the molecule is CCNC(=NCc1ccon1)NC(C)c1cc(OC)ccc1OC. The van der Waals surface area contributed by atoms with Crippen LogP contribution in [0.2, 0.25) is 0 Å². The van der Waals surface area contributed by atoms with E-state index in [0.717, 1.165) is 29.3 Å². The smallest absolute Gasteiger partial charge is 0.192 e. The third-order valence-electron chi connectivity index (χ3n) is 3.49. The molecule has 2 aromatic rings. The summed E-state index contributed by atoms with van der Waals surface area (Å²) in [4.78, 5) is 4.52. The first-order valence-electron chi connectivity index (χ1n) is 7.84. The van der Waals surface area contributed by atoms with Crippen LogP contribution < -0.4 is 20.1 Å². The number of hydrogen-bond donors (Lipinski definition) is 2. The van der Waals surface area contributed by atoms with Crippen molar-refractivity contribution in [1.29, 1.82) is 0 Å². The van der Waals surface area contributed by atoms with Gasteiger partial charge in [-0.1, -0.05) is 5.16 Å². The second-order valence-corrected chi connectivity index (χ2v) is 5.16. The molecule has 0 aliphatic rings. The van der Waals surface area contributed by atoms with Crippen molar-refractivity contribution in [3.63, 3.8) is 0 Å². The van der Waals surface area contributed by atoms with Crippen LogP contribution in [0, 0.1) is 0 Å². The maximum atomic E-state index is 5.45.